The fourth-order valence-corrected chi connectivity index (χ4v) is 2.35. The third kappa shape index (κ3) is 2.15. The molecule has 1 saturated heterocycles. The number of hydrogen-bond donors (Lipinski definition) is 1. The molecule has 1 atom stereocenters. The molecule has 98 valence electrons. The molecule has 1 aliphatic rings. The number of fused-ring (bicyclic) bond motifs is 1. The number of aromatic nitrogens is 2. The maximum Gasteiger partial charge on any atom is 0.256 e. The van der Waals surface area contributed by atoms with Crippen LogP contribution in [0.2, 0.25) is 0 Å². The van der Waals surface area contributed by atoms with Crippen molar-refractivity contribution in [3.8, 4) is 0 Å². The molecule has 1 fully saturated rings. The Morgan fingerprint density at radius 1 is 1.37 bits per heavy atom. The van der Waals surface area contributed by atoms with E-state index in [1.54, 1.807) is 4.90 Å². The van der Waals surface area contributed by atoms with Gasteiger partial charge < -0.3 is 10.6 Å². The molecular weight excluding hydrogens is 247 g/mol. The predicted octanol–water partition coefficient (Wildman–Crippen LogP) is 0.942. The second kappa shape index (κ2) is 4.55. The van der Waals surface area contributed by atoms with E-state index in [4.69, 9.17) is 5.73 Å². The van der Waals surface area contributed by atoms with Gasteiger partial charge in [-0.2, -0.15) is 0 Å². The van der Waals surface area contributed by atoms with Gasteiger partial charge in [0, 0.05) is 37.6 Å². The Kier molecular flexibility index (Phi) is 2.87. The molecule has 2 aromatic rings. The van der Waals surface area contributed by atoms with Crippen molar-refractivity contribution >= 4 is 16.9 Å². The molecule has 0 spiro atoms. The van der Waals surface area contributed by atoms with Crippen LogP contribution in [0.4, 0.5) is 4.39 Å². The van der Waals surface area contributed by atoms with Crippen molar-refractivity contribution in [1.82, 2.24) is 14.9 Å². The Morgan fingerprint density at radius 2 is 2.16 bits per heavy atom. The van der Waals surface area contributed by atoms with Gasteiger partial charge in [0.15, 0.2) is 0 Å². The fourth-order valence-electron chi connectivity index (χ4n) is 2.35. The molecule has 0 saturated carbocycles. The Hall–Kier alpha value is -2.08. The summed E-state index contributed by atoms with van der Waals surface area (Å²) in [6, 6.07) is 2.48. The van der Waals surface area contributed by atoms with E-state index in [2.05, 4.69) is 9.97 Å². The minimum atomic E-state index is -0.486. The molecule has 0 unspecified atom stereocenters. The highest BCUT2D eigenvalue weighted by Gasteiger charge is 2.26. The molecule has 1 aromatic carbocycles. The molecule has 0 aliphatic carbocycles. The Bertz CT molecular complexity index is 646. The van der Waals surface area contributed by atoms with Crippen LogP contribution in [0.1, 0.15) is 16.8 Å². The van der Waals surface area contributed by atoms with Crippen molar-refractivity contribution in [2.24, 2.45) is 5.73 Å². The molecular formula is C13H13FN4O. The number of benzene rings is 1. The highest BCUT2D eigenvalue weighted by molar-refractivity contribution is 6.04. The van der Waals surface area contributed by atoms with Crippen LogP contribution in [0.5, 0.6) is 0 Å². The van der Waals surface area contributed by atoms with Gasteiger partial charge in [-0.3, -0.25) is 14.8 Å². The van der Waals surface area contributed by atoms with E-state index in [9.17, 15) is 9.18 Å². The lowest BCUT2D eigenvalue weighted by atomic mass is 10.1. The van der Waals surface area contributed by atoms with Gasteiger partial charge >= 0.3 is 0 Å². The maximum absolute atomic E-state index is 13.6. The van der Waals surface area contributed by atoms with E-state index in [0.29, 0.717) is 24.1 Å². The first-order valence-electron chi connectivity index (χ1n) is 6.10. The first-order chi connectivity index (χ1) is 9.15. The summed E-state index contributed by atoms with van der Waals surface area (Å²) in [6.45, 7) is 1.09. The molecule has 1 aliphatic heterocycles. The first kappa shape index (κ1) is 12.0. The first-order valence-corrected chi connectivity index (χ1v) is 6.10. The Balaban J connectivity index is 2.06. The van der Waals surface area contributed by atoms with Crippen LogP contribution in [0, 0.1) is 5.82 Å². The standard InChI is InChI=1S/C13H13FN4O/c14-8-5-10(12-11(6-8)16-2-3-17-12)13(19)18-4-1-9(15)7-18/h2-3,5-6,9H,1,4,7,15H2/t9-/m0/s1. The number of halogens is 1. The number of rotatable bonds is 1. The van der Waals surface area contributed by atoms with E-state index < -0.39 is 5.82 Å². The average Bonchev–Trinajstić information content (AvgIpc) is 2.83. The summed E-state index contributed by atoms with van der Waals surface area (Å²) in [5.41, 5.74) is 6.84. The van der Waals surface area contributed by atoms with Gasteiger partial charge in [-0.15, -0.1) is 0 Å². The zero-order valence-corrected chi connectivity index (χ0v) is 10.2. The average molecular weight is 260 g/mol. The third-order valence-corrected chi connectivity index (χ3v) is 3.28. The number of hydrogen-bond acceptors (Lipinski definition) is 4. The van der Waals surface area contributed by atoms with Crippen molar-refractivity contribution < 1.29 is 9.18 Å². The van der Waals surface area contributed by atoms with E-state index in [1.165, 1.54) is 24.5 Å². The highest BCUT2D eigenvalue weighted by atomic mass is 19.1. The molecule has 0 bridgehead atoms. The second-order valence-electron chi connectivity index (χ2n) is 4.68. The van der Waals surface area contributed by atoms with Gasteiger partial charge in [0.2, 0.25) is 0 Å². The number of nitrogens with zero attached hydrogens (tertiary/aromatic N) is 3. The van der Waals surface area contributed by atoms with Gasteiger partial charge in [-0.25, -0.2) is 4.39 Å². The molecule has 1 aromatic heterocycles. The predicted molar refractivity (Wildman–Crippen MR) is 68.0 cm³/mol. The summed E-state index contributed by atoms with van der Waals surface area (Å²) in [5, 5.41) is 0. The van der Waals surface area contributed by atoms with E-state index in [1.807, 2.05) is 0 Å². The van der Waals surface area contributed by atoms with Crippen molar-refractivity contribution in [2.75, 3.05) is 13.1 Å². The van der Waals surface area contributed by atoms with Gasteiger partial charge in [0.05, 0.1) is 11.1 Å². The molecule has 1 amide bonds. The highest BCUT2D eigenvalue weighted by Crippen LogP contribution is 2.20. The van der Waals surface area contributed by atoms with Crippen LogP contribution in [-0.2, 0) is 0 Å². The van der Waals surface area contributed by atoms with Crippen molar-refractivity contribution in [1.29, 1.82) is 0 Å². The third-order valence-electron chi connectivity index (χ3n) is 3.28. The minimum Gasteiger partial charge on any atom is -0.337 e. The number of amides is 1. The number of nitrogens with two attached hydrogens (primary N) is 1. The summed E-state index contributed by atoms with van der Waals surface area (Å²) >= 11 is 0. The van der Waals surface area contributed by atoms with E-state index in [0.717, 1.165) is 6.42 Å². The van der Waals surface area contributed by atoms with Crippen LogP contribution in [-0.4, -0.2) is 39.9 Å². The molecule has 0 radical (unpaired) electrons. The second-order valence-corrected chi connectivity index (χ2v) is 4.68. The zero-order chi connectivity index (χ0) is 13.4. The molecule has 2 N–H and O–H groups in total. The Morgan fingerprint density at radius 3 is 2.89 bits per heavy atom. The van der Waals surface area contributed by atoms with Crippen molar-refractivity contribution in [3.63, 3.8) is 0 Å². The zero-order valence-electron chi connectivity index (χ0n) is 10.2. The van der Waals surface area contributed by atoms with Crippen LogP contribution in [0.15, 0.2) is 24.5 Å². The van der Waals surface area contributed by atoms with Crippen LogP contribution in [0.3, 0.4) is 0 Å². The lowest BCUT2D eigenvalue weighted by Crippen LogP contribution is -2.32. The molecule has 19 heavy (non-hydrogen) atoms. The summed E-state index contributed by atoms with van der Waals surface area (Å²) in [4.78, 5) is 22.2. The molecule has 5 nitrogen and oxygen atoms in total. The molecule has 6 heteroatoms. The fraction of sp³-hybridized carbons (Fsp3) is 0.308. The lowest BCUT2D eigenvalue weighted by Gasteiger charge is -2.16. The summed E-state index contributed by atoms with van der Waals surface area (Å²) in [5.74, 6) is -0.724. The van der Waals surface area contributed by atoms with Gasteiger partial charge in [0.25, 0.3) is 5.91 Å². The number of likely N-dealkylation sites (tertiary alicyclic amines) is 1. The normalized spacial score (nSPS) is 19.1. The van der Waals surface area contributed by atoms with Crippen molar-refractivity contribution in [2.45, 2.75) is 12.5 Å². The van der Waals surface area contributed by atoms with Crippen molar-refractivity contribution in [3.05, 3.63) is 35.9 Å². The number of carbonyl (C=O) groups is 1. The monoisotopic (exact) mass is 260 g/mol. The number of carbonyl (C=O) groups excluding carboxylic acids is 1. The summed E-state index contributed by atoms with van der Waals surface area (Å²) < 4.78 is 13.6. The van der Waals surface area contributed by atoms with E-state index in [-0.39, 0.29) is 17.5 Å². The van der Waals surface area contributed by atoms with Crippen LogP contribution in [0.25, 0.3) is 11.0 Å². The summed E-state index contributed by atoms with van der Waals surface area (Å²) in [6.07, 6.45) is 3.74. The Labute approximate surface area is 109 Å². The largest absolute Gasteiger partial charge is 0.337 e. The van der Waals surface area contributed by atoms with Gasteiger partial charge in [0.1, 0.15) is 11.3 Å². The minimum absolute atomic E-state index is 0.00476. The van der Waals surface area contributed by atoms with E-state index >= 15 is 0 Å². The topological polar surface area (TPSA) is 72.1 Å². The maximum atomic E-state index is 13.6. The smallest absolute Gasteiger partial charge is 0.256 e. The van der Waals surface area contributed by atoms with Crippen LogP contribution < -0.4 is 5.73 Å². The summed E-state index contributed by atoms with van der Waals surface area (Å²) in [7, 11) is 0. The SMILES string of the molecule is N[C@H]1CCN(C(=O)c2cc(F)cc3nccnc23)C1. The molecule has 3 rings (SSSR count). The quantitative estimate of drug-likeness (QED) is 0.828. The van der Waals surface area contributed by atoms with Gasteiger partial charge in [-0.05, 0) is 12.5 Å². The van der Waals surface area contributed by atoms with Gasteiger partial charge in [-0.1, -0.05) is 0 Å². The molecule has 2 heterocycles. The lowest BCUT2D eigenvalue weighted by molar-refractivity contribution is 0.0792. The van der Waals surface area contributed by atoms with Crippen LogP contribution >= 0.6 is 0 Å².